The summed E-state index contributed by atoms with van der Waals surface area (Å²) in [7, 11) is 1.62. The van der Waals surface area contributed by atoms with Gasteiger partial charge in [-0.25, -0.2) is 4.79 Å². The number of nitrogens with zero attached hydrogens (tertiary/aromatic N) is 1. The van der Waals surface area contributed by atoms with Crippen molar-refractivity contribution >= 4 is 11.7 Å². The van der Waals surface area contributed by atoms with E-state index in [0.29, 0.717) is 13.1 Å². The van der Waals surface area contributed by atoms with Crippen LogP contribution in [0.5, 0.6) is 5.75 Å². The average Bonchev–Trinajstić information content (AvgIpc) is 2.98. The molecule has 1 aromatic rings. The molecule has 5 heteroatoms. The van der Waals surface area contributed by atoms with Crippen LogP contribution in [0.2, 0.25) is 0 Å². The number of amides is 2. The summed E-state index contributed by atoms with van der Waals surface area (Å²) in [5, 5.41) is 2.96. The van der Waals surface area contributed by atoms with E-state index in [1.54, 1.807) is 7.11 Å². The second-order valence-electron chi connectivity index (χ2n) is 5.54. The molecule has 2 amide bonds. The Kier molecular flexibility index (Phi) is 5.07. The highest BCUT2D eigenvalue weighted by atomic mass is 16.5. The normalized spacial score (nSPS) is 16.5. The molecule has 5 nitrogen and oxygen atoms in total. The van der Waals surface area contributed by atoms with Crippen LogP contribution in [-0.4, -0.2) is 36.7 Å². The molecule has 2 rings (SSSR count). The highest BCUT2D eigenvalue weighted by Crippen LogP contribution is 2.34. The summed E-state index contributed by atoms with van der Waals surface area (Å²) in [5.74, 6) is 0.773. The van der Waals surface area contributed by atoms with E-state index >= 15 is 0 Å². The Hall–Kier alpha value is -1.75. The van der Waals surface area contributed by atoms with Crippen molar-refractivity contribution in [3.05, 3.63) is 24.3 Å². The van der Waals surface area contributed by atoms with Crippen molar-refractivity contribution in [2.75, 3.05) is 25.5 Å². The fourth-order valence-corrected chi connectivity index (χ4v) is 3.18. The molecule has 0 saturated heterocycles. The molecule has 21 heavy (non-hydrogen) atoms. The topological polar surface area (TPSA) is 67.6 Å². The molecule has 0 bridgehead atoms. The first-order valence-electron chi connectivity index (χ1n) is 7.58. The van der Waals surface area contributed by atoms with Crippen LogP contribution >= 0.6 is 0 Å². The summed E-state index contributed by atoms with van der Waals surface area (Å²) < 4.78 is 5.12. The number of rotatable bonds is 5. The Morgan fingerprint density at radius 3 is 2.43 bits per heavy atom. The van der Waals surface area contributed by atoms with Gasteiger partial charge in [-0.2, -0.15) is 0 Å². The highest BCUT2D eigenvalue weighted by Gasteiger charge is 2.40. The SMILES string of the molecule is CCN(C(=O)Nc1ccc(OC)cc1)C1(CN)CCCC1. The van der Waals surface area contributed by atoms with Crippen LogP contribution in [0.3, 0.4) is 0 Å². The summed E-state index contributed by atoms with van der Waals surface area (Å²) in [6, 6.07) is 7.28. The lowest BCUT2D eigenvalue weighted by Gasteiger charge is -2.40. The molecule has 1 aromatic carbocycles. The Labute approximate surface area is 126 Å². The maximum atomic E-state index is 12.6. The van der Waals surface area contributed by atoms with Gasteiger partial charge in [-0.3, -0.25) is 0 Å². The molecule has 0 heterocycles. The molecule has 1 fully saturated rings. The van der Waals surface area contributed by atoms with Crippen LogP contribution in [0.15, 0.2) is 24.3 Å². The first-order chi connectivity index (χ1) is 10.1. The van der Waals surface area contributed by atoms with Crippen LogP contribution in [0.1, 0.15) is 32.6 Å². The minimum absolute atomic E-state index is 0.0741. The molecular formula is C16H25N3O2. The quantitative estimate of drug-likeness (QED) is 0.876. The summed E-state index contributed by atoms with van der Waals surface area (Å²) in [5.41, 5.74) is 6.57. The van der Waals surface area contributed by atoms with Gasteiger partial charge >= 0.3 is 6.03 Å². The fourth-order valence-electron chi connectivity index (χ4n) is 3.18. The van der Waals surface area contributed by atoms with Crippen LogP contribution in [0.25, 0.3) is 0 Å². The van der Waals surface area contributed by atoms with E-state index in [1.165, 1.54) is 0 Å². The lowest BCUT2D eigenvalue weighted by molar-refractivity contribution is 0.134. The molecular weight excluding hydrogens is 266 g/mol. The van der Waals surface area contributed by atoms with Crippen molar-refractivity contribution < 1.29 is 9.53 Å². The second-order valence-corrected chi connectivity index (χ2v) is 5.54. The smallest absolute Gasteiger partial charge is 0.322 e. The number of carbonyl (C=O) groups is 1. The molecule has 1 aliphatic rings. The largest absolute Gasteiger partial charge is 0.497 e. The van der Waals surface area contributed by atoms with Crippen molar-refractivity contribution in [3.8, 4) is 5.75 Å². The van der Waals surface area contributed by atoms with Crippen LogP contribution in [-0.2, 0) is 0 Å². The monoisotopic (exact) mass is 291 g/mol. The van der Waals surface area contributed by atoms with Gasteiger partial charge in [0.2, 0.25) is 0 Å². The van der Waals surface area contributed by atoms with Gasteiger partial charge in [-0.15, -0.1) is 0 Å². The Balaban J connectivity index is 2.08. The molecule has 116 valence electrons. The molecule has 0 atom stereocenters. The first kappa shape index (κ1) is 15.6. The van der Waals surface area contributed by atoms with E-state index in [1.807, 2.05) is 36.1 Å². The zero-order valence-corrected chi connectivity index (χ0v) is 12.9. The van der Waals surface area contributed by atoms with E-state index in [2.05, 4.69) is 5.32 Å². The summed E-state index contributed by atoms with van der Waals surface area (Å²) in [6.45, 7) is 3.19. The van der Waals surface area contributed by atoms with Crippen molar-refractivity contribution in [3.63, 3.8) is 0 Å². The number of urea groups is 1. The standard InChI is InChI=1S/C16H25N3O2/c1-3-19(16(12-17)10-4-5-11-16)15(20)18-13-6-8-14(21-2)9-7-13/h6-9H,3-5,10-12,17H2,1-2H3,(H,18,20). The molecule has 0 aliphatic heterocycles. The Bertz CT molecular complexity index is 467. The molecule has 1 saturated carbocycles. The van der Waals surface area contributed by atoms with Crippen LogP contribution in [0, 0.1) is 0 Å². The van der Waals surface area contributed by atoms with Crippen molar-refractivity contribution in [1.29, 1.82) is 0 Å². The van der Waals surface area contributed by atoms with Gasteiger partial charge in [0.25, 0.3) is 0 Å². The van der Waals surface area contributed by atoms with Crippen molar-refractivity contribution in [2.45, 2.75) is 38.1 Å². The van der Waals surface area contributed by atoms with E-state index in [0.717, 1.165) is 37.1 Å². The van der Waals surface area contributed by atoms with Gasteiger partial charge in [-0.1, -0.05) is 12.8 Å². The van der Waals surface area contributed by atoms with Gasteiger partial charge in [-0.05, 0) is 44.0 Å². The number of nitrogens with one attached hydrogen (secondary N) is 1. The molecule has 0 spiro atoms. The first-order valence-corrected chi connectivity index (χ1v) is 7.58. The minimum Gasteiger partial charge on any atom is -0.497 e. The Morgan fingerprint density at radius 2 is 1.95 bits per heavy atom. The third-order valence-corrected chi connectivity index (χ3v) is 4.39. The maximum Gasteiger partial charge on any atom is 0.322 e. The number of methoxy groups -OCH3 is 1. The van der Waals surface area contributed by atoms with E-state index in [4.69, 9.17) is 10.5 Å². The third-order valence-electron chi connectivity index (χ3n) is 4.39. The summed E-state index contributed by atoms with van der Waals surface area (Å²) in [6.07, 6.45) is 4.27. The second kappa shape index (κ2) is 6.80. The highest BCUT2D eigenvalue weighted by molar-refractivity contribution is 5.90. The summed E-state index contributed by atoms with van der Waals surface area (Å²) in [4.78, 5) is 14.5. The van der Waals surface area contributed by atoms with E-state index < -0.39 is 0 Å². The fraction of sp³-hybridized carbons (Fsp3) is 0.562. The zero-order chi connectivity index (χ0) is 15.3. The number of carbonyl (C=O) groups excluding carboxylic acids is 1. The molecule has 1 aliphatic carbocycles. The molecule has 3 N–H and O–H groups in total. The molecule has 0 aromatic heterocycles. The minimum atomic E-state index is -0.175. The number of nitrogens with two attached hydrogens (primary N) is 1. The Morgan fingerprint density at radius 1 is 1.33 bits per heavy atom. The van der Waals surface area contributed by atoms with Crippen molar-refractivity contribution in [2.24, 2.45) is 5.73 Å². The number of ether oxygens (including phenoxy) is 1. The van der Waals surface area contributed by atoms with E-state index in [9.17, 15) is 4.79 Å². The number of likely N-dealkylation sites (N-methyl/N-ethyl adjacent to an activating group) is 1. The average molecular weight is 291 g/mol. The number of hydrogen-bond donors (Lipinski definition) is 2. The lowest BCUT2D eigenvalue weighted by atomic mass is 9.95. The van der Waals surface area contributed by atoms with Gasteiger partial charge < -0.3 is 20.7 Å². The number of hydrogen-bond acceptors (Lipinski definition) is 3. The maximum absolute atomic E-state index is 12.6. The predicted octanol–water partition coefficient (Wildman–Crippen LogP) is 2.82. The third kappa shape index (κ3) is 3.29. The van der Waals surface area contributed by atoms with E-state index in [-0.39, 0.29) is 11.6 Å². The van der Waals surface area contributed by atoms with Crippen molar-refractivity contribution in [1.82, 2.24) is 4.90 Å². The zero-order valence-electron chi connectivity index (χ0n) is 12.9. The van der Waals surface area contributed by atoms with Crippen LogP contribution in [0.4, 0.5) is 10.5 Å². The number of benzene rings is 1. The van der Waals surface area contributed by atoms with Gasteiger partial charge in [0.1, 0.15) is 5.75 Å². The molecule has 0 radical (unpaired) electrons. The number of anilines is 1. The lowest BCUT2D eigenvalue weighted by Crippen LogP contribution is -2.55. The van der Waals surface area contributed by atoms with Gasteiger partial charge in [0.15, 0.2) is 0 Å². The van der Waals surface area contributed by atoms with Gasteiger partial charge in [0, 0.05) is 18.8 Å². The molecule has 0 unspecified atom stereocenters. The van der Waals surface area contributed by atoms with Crippen LogP contribution < -0.4 is 15.8 Å². The van der Waals surface area contributed by atoms with Gasteiger partial charge in [0.05, 0.1) is 12.6 Å². The summed E-state index contributed by atoms with van der Waals surface area (Å²) >= 11 is 0. The predicted molar refractivity (Wildman–Crippen MR) is 84.6 cm³/mol.